The Bertz CT molecular complexity index is 363. The number of carbonyl (C=O) groups is 2. The van der Waals surface area contributed by atoms with Crippen LogP contribution in [0.15, 0.2) is 0 Å². The van der Waals surface area contributed by atoms with Crippen LogP contribution < -0.4 is 11.1 Å². The van der Waals surface area contributed by atoms with Gasteiger partial charge >= 0.3 is 0 Å². The van der Waals surface area contributed by atoms with Crippen LogP contribution in [0.3, 0.4) is 0 Å². The second-order valence-electron chi connectivity index (χ2n) is 5.85. The molecule has 1 aliphatic carbocycles. The molecule has 3 heterocycles. The molecule has 0 aromatic heterocycles. The zero-order valence-electron chi connectivity index (χ0n) is 10.6. The third-order valence-corrected chi connectivity index (χ3v) is 4.79. The van der Waals surface area contributed by atoms with Crippen LogP contribution in [0.4, 0.5) is 0 Å². The van der Waals surface area contributed by atoms with Crippen molar-refractivity contribution in [2.75, 3.05) is 6.54 Å². The van der Waals surface area contributed by atoms with Crippen molar-refractivity contribution in [1.29, 1.82) is 0 Å². The zero-order chi connectivity index (χ0) is 12.7. The summed E-state index contributed by atoms with van der Waals surface area (Å²) in [5.41, 5.74) is 5.38. The van der Waals surface area contributed by atoms with E-state index < -0.39 is 0 Å². The van der Waals surface area contributed by atoms with Gasteiger partial charge in [0.2, 0.25) is 11.8 Å². The van der Waals surface area contributed by atoms with Gasteiger partial charge in [-0.15, -0.1) is 0 Å². The quantitative estimate of drug-likeness (QED) is 0.725. The van der Waals surface area contributed by atoms with Gasteiger partial charge in [-0.05, 0) is 44.4 Å². The Morgan fingerprint density at radius 1 is 1.11 bits per heavy atom. The van der Waals surface area contributed by atoms with Crippen LogP contribution >= 0.6 is 0 Å². The van der Waals surface area contributed by atoms with E-state index in [1.165, 1.54) is 12.8 Å². The number of rotatable bonds is 2. The van der Waals surface area contributed by atoms with E-state index in [4.69, 9.17) is 5.73 Å². The van der Waals surface area contributed by atoms with Gasteiger partial charge in [0.05, 0.1) is 6.04 Å². The van der Waals surface area contributed by atoms with Gasteiger partial charge < -0.3 is 16.0 Å². The molecule has 3 N–H and O–H groups in total. The predicted octanol–water partition coefficient (Wildman–Crippen LogP) is -0.00670. The van der Waals surface area contributed by atoms with Crippen LogP contribution in [-0.4, -0.2) is 41.4 Å². The SMILES string of the molecule is NC(=O)[C@@H]1CCCN1C(=O)[C@H]1NC2CCC1CC2. The summed E-state index contributed by atoms with van der Waals surface area (Å²) in [6.45, 7) is 0.683. The molecule has 5 heteroatoms. The highest BCUT2D eigenvalue weighted by Gasteiger charge is 2.43. The van der Waals surface area contributed by atoms with Gasteiger partial charge in [-0.2, -0.15) is 0 Å². The maximum absolute atomic E-state index is 12.6. The smallest absolute Gasteiger partial charge is 0.240 e. The number of fused-ring (bicyclic) bond motifs is 3. The van der Waals surface area contributed by atoms with Crippen molar-refractivity contribution in [3.05, 3.63) is 0 Å². The molecule has 5 nitrogen and oxygen atoms in total. The molecule has 1 saturated carbocycles. The molecule has 0 unspecified atom stereocenters. The third kappa shape index (κ3) is 1.90. The summed E-state index contributed by atoms with van der Waals surface area (Å²) in [5, 5.41) is 3.45. The van der Waals surface area contributed by atoms with Crippen LogP contribution in [-0.2, 0) is 9.59 Å². The lowest BCUT2D eigenvalue weighted by molar-refractivity contribution is -0.142. The second kappa shape index (κ2) is 4.53. The number of nitrogens with zero attached hydrogens (tertiary/aromatic N) is 1. The van der Waals surface area contributed by atoms with E-state index in [1.54, 1.807) is 4.90 Å². The summed E-state index contributed by atoms with van der Waals surface area (Å²) in [6.07, 6.45) is 6.27. The van der Waals surface area contributed by atoms with Gasteiger partial charge in [0.1, 0.15) is 6.04 Å². The van der Waals surface area contributed by atoms with Crippen molar-refractivity contribution < 1.29 is 9.59 Å². The van der Waals surface area contributed by atoms with E-state index in [1.807, 2.05) is 0 Å². The molecule has 0 spiro atoms. The number of amides is 2. The number of carbonyl (C=O) groups excluding carboxylic acids is 2. The molecule has 100 valence electrons. The van der Waals surface area contributed by atoms with Crippen LogP contribution in [0, 0.1) is 5.92 Å². The first-order valence-corrected chi connectivity index (χ1v) is 7.02. The number of primary amides is 1. The second-order valence-corrected chi connectivity index (χ2v) is 5.85. The minimum atomic E-state index is -0.375. The Hall–Kier alpha value is -1.10. The van der Waals surface area contributed by atoms with Crippen molar-refractivity contribution >= 4 is 11.8 Å². The van der Waals surface area contributed by atoms with Crippen LogP contribution in [0.25, 0.3) is 0 Å². The highest BCUT2D eigenvalue weighted by atomic mass is 16.2. The van der Waals surface area contributed by atoms with Crippen LogP contribution in [0.5, 0.6) is 0 Å². The first-order chi connectivity index (χ1) is 8.66. The minimum Gasteiger partial charge on any atom is -0.368 e. The Balaban J connectivity index is 1.72. The van der Waals surface area contributed by atoms with Crippen LogP contribution in [0.1, 0.15) is 38.5 Å². The number of nitrogens with one attached hydrogen (secondary N) is 1. The topological polar surface area (TPSA) is 75.4 Å². The third-order valence-electron chi connectivity index (χ3n) is 4.79. The van der Waals surface area contributed by atoms with Gasteiger partial charge in [0.15, 0.2) is 0 Å². The first kappa shape index (κ1) is 12.0. The number of nitrogens with two attached hydrogens (primary N) is 1. The number of likely N-dealkylation sites (tertiary alicyclic amines) is 1. The van der Waals surface area contributed by atoms with Crippen molar-refractivity contribution in [3.8, 4) is 0 Å². The molecule has 2 bridgehead atoms. The highest BCUT2D eigenvalue weighted by Crippen LogP contribution is 2.34. The standard InChI is InChI=1S/C13H21N3O2/c14-12(17)10-2-1-7-16(10)13(18)11-8-3-5-9(15-11)6-4-8/h8-11,15H,1-7H2,(H2,14,17)/t8?,9?,10-,11-/m0/s1. The Morgan fingerprint density at radius 2 is 1.83 bits per heavy atom. The van der Waals surface area contributed by atoms with Gasteiger partial charge in [-0.1, -0.05) is 0 Å². The van der Waals surface area contributed by atoms with Gasteiger partial charge in [-0.3, -0.25) is 9.59 Å². The molecule has 2 amide bonds. The van der Waals surface area contributed by atoms with E-state index in [2.05, 4.69) is 5.32 Å². The maximum Gasteiger partial charge on any atom is 0.240 e. The molecule has 0 aromatic rings. The fourth-order valence-electron chi connectivity index (χ4n) is 3.79. The highest BCUT2D eigenvalue weighted by molar-refractivity contribution is 5.90. The van der Waals surface area contributed by atoms with E-state index >= 15 is 0 Å². The van der Waals surface area contributed by atoms with E-state index in [9.17, 15) is 9.59 Å². The molecule has 3 aliphatic heterocycles. The predicted molar refractivity (Wildman–Crippen MR) is 66.6 cm³/mol. The lowest BCUT2D eigenvalue weighted by Crippen LogP contribution is -2.60. The summed E-state index contributed by atoms with van der Waals surface area (Å²) in [4.78, 5) is 25.6. The van der Waals surface area contributed by atoms with E-state index in [0.717, 1.165) is 25.7 Å². The lowest BCUT2D eigenvalue weighted by Gasteiger charge is -2.44. The average molecular weight is 251 g/mol. The molecule has 0 aromatic carbocycles. The Morgan fingerprint density at radius 3 is 2.39 bits per heavy atom. The first-order valence-electron chi connectivity index (χ1n) is 7.02. The zero-order valence-corrected chi connectivity index (χ0v) is 10.6. The van der Waals surface area contributed by atoms with E-state index in [0.29, 0.717) is 18.5 Å². The Labute approximate surface area is 107 Å². The summed E-state index contributed by atoms with van der Waals surface area (Å²) in [6, 6.07) is 0.0517. The van der Waals surface area contributed by atoms with Crippen molar-refractivity contribution in [1.82, 2.24) is 10.2 Å². The summed E-state index contributed by atoms with van der Waals surface area (Å²) in [5.74, 6) is 0.198. The summed E-state index contributed by atoms with van der Waals surface area (Å²) >= 11 is 0. The monoisotopic (exact) mass is 251 g/mol. The maximum atomic E-state index is 12.6. The average Bonchev–Trinajstić information content (AvgIpc) is 2.88. The van der Waals surface area contributed by atoms with E-state index in [-0.39, 0.29) is 23.9 Å². The molecule has 4 rings (SSSR count). The molecule has 18 heavy (non-hydrogen) atoms. The minimum absolute atomic E-state index is 0.0718. The molecule has 4 aliphatic rings. The van der Waals surface area contributed by atoms with Crippen LogP contribution in [0.2, 0.25) is 0 Å². The Kier molecular flexibility index (Phi) is 3.01. The van der Waals surface area contributed by atoms with Crippen molar-refractivity contribution in [2.45, 2.75) is 56.7 Å². The molecular formula is C13H21N3O2. The normalized spacial score (nSPS) is 39.0. The largest absolute Gasteiger partial charge is 0.368 e. The molecule has 4 fully saturated rings. The number of piperidine rings is 2. The van der Waals surface area contributed by atoms with Crippen molar-refractivity contribution in [3.63, 3.8) is 0 Å². The fourth-order valence-corrected chi connectivity index (χ4v) is 3.79. The fraction of sp³-hybridized carbons (Fsp3) is 0.846. The number of hydrogen-bond donors (Lipinski definition) is 2. The molecular weight excluding hydrogens is 230 g/mol. The van der Waals surface area contributed by atoms with Gasteiger partial charge in [-0.25, -0.2) is 0 Å². The van der Waals surface area contributed by atoms with Crippen molar-refractivity contribution in [2.24, 2.45) is 11.7 Å². The molecule has 0 radical (unpaired) electrons. The lowest BCUT2D eigenvalue weighted by atomic mass is 9.76. The molecule has 3 saturated heterocycles. The molecule has 2 atom stereocenters. The van der Waals surface area contributed by atoms with Gasteiger partial charge in [0.25, 0.3) is 0 Å². The number of hydrogen-bond acceptors (Lipinski definition) is 3. The summed E-state index contributed by atoms with van der Waals surface area (Å²) in [7, 11) is 0. The van der Waals surface area contributed by atoms with Gasteiger partial charge in [0, 0.05) is 12.6 Å². The summed E-state index contributed by atoms with van der Waals surface area (Å²) < 4.78 is 0.